The van der Waals surface area contributed by atoms with Crippen LogP contribution in [0.25, 0.3) is 0 Å². The molecule has 0 bridgehead atoms. The molecule has 3 unspecified atom stereocenters. The molecule has 3 atom stereocenters. The Morgan fingerprint density at radius 3 is 1.91 bits per heavy atom. The van der Waals surface area contributed by atoms with Crippen molar-refractivity contribution in [2.75, 3.05) is 6.61 Å². The number of esters is 2. The van der Waals surface area contributed by atoms with E-state index < -0.39 is 23.3 Å². The molecule has 1 heterocycles. The maximum Gasteiger partial charge on any atom is 0.308 e. The Bertz CT molecular complexity index is 684. The molecule has 1 saturated carbocycles. The van der Waals surface area contributed by atoms with E-state index in [1.54, 1.807) is 13.8 Å². The third-order valence-electron chi connectivity index (χ3n) is 5.86. The molecule has 1 saturated heterocycles. The second kappa shape index (κ2) is 12.5. The number of azo groups is 1. The Kier molecular flexibility index (Phi) is 10.1. The van der Waals surface area contributed by atoms with Crippen LogP contribution in [0.2, 0.25) is 0 Å². The van der Waals surface area contributed by atoms with Gasteiger partial charge in [-0.2, -0.15) is 20.8 Å². The summed E-state index contributed by atoms with van der Waals surface area (Å²) in [5.41, 5.74) is -2.55. The maximum atomic E-state index is 12.2. The van der Waals surface area contributed by atoms with Crippen molar-refractivity contribution in [1.82, 2.24) is 0 Å². The molecule has 1 aliphatic carbocycles. The van der Waals surface area contributed by atoms with Gasteiger partial charge in [-0.1, -0.05) is 6.42 Å². The average Bonchev–Trinajstić information content (AvgIpc) is 2.81. The minimum Gasteiger partial charge on any atom is -0.462 e. The summed E-state index contributed by atoms with van der Waals surface area (Å²) in [7, 11) is 0. The molecule has 9 nitrogen and oxygen atoms in total. The number of hydrogen-bond acceptors (Lipinski definition) is 9. The number of carbonyl (C=O) groups excluding carboxylic acids is 2. The Morgan fingerprint density at radius 2 is 1.41 bits per heavy atom. The van der Waals surface area contributed by atoms with Crippen LogP contribution in [0.4, 0.5) is 0 Å². The van der Waals surface area contributed by atoms with Gasteiger partial charge in [0.2, 0.25) is 6.29 Å². The van der Waals surface area contributed by atoms with Crippen LogP contribution in [0.3, 0.4) is 0 Å². The molecule has 2 aliphatic rings. The Balaban J connectivity index is 1.83. The van der Waals surface area contributed by atoms with Crippen molar-refractivity contribution in [2.45, 2.75) is 114 Å². The van der Waals surface area contributed by atoms with Gasteiger partial charge in [-0.05, 0) is 65.2 Å². The van der Waals surface area contributed by atoms with Crippen molar-refractivity contribution in [1.29, 1.82) is 10.5 Å². The molecule has 0 aromatic rings. The lowest BCUT2D eigenvalue weighted by molar-refractivity contribution is -0.187. The van der Waals surface area contributed by atoms with E-state index in [0.29, 0.717) is 13.0 Å². The third-order valence-corrected chi connectivity index (χ3v) is 5.86. The molecule has 2 fully saturated rings. The van der Waals surface area contributed by atoms with E-state index >= 15 is 0 Å². The second-order valence-corrected chi connectivity index (χ2v) is 9.01. The van der Waals surface area contributed by atoms with Crippen LogP contribution in [0.15, 0.2) is 10.2 Å². The predicted molar refractivity (Wildman–Crippen MR) is 114 cm³/mol. The van der Waals surface area contributed by atoms with Gasteiger partial charge in [0.1, 0.15) is 6.10 Å². The van der Waals surface area contributed by atoms with E-state index in [0.717, 1.165) is 38.5 Å². The molecule has 0 aromatic carbocycles. The standard InChI is InChI=1S/C23H34N4O5/c1-22(16-24,13-11-19(28)31-18-8-4-3-5-9-18)26-27-23(2,17-25)14-12-20(29)32-21-10-6-7-15-30-21/h18,21H,3-15H2,1-2H3/b27-26-. The first-order chi connectivity index (χ1) is 15.3. The van der Waals surface area contributed by atoms with Crippen molar-refractivity contribution in [3.63, 3.8) is 0 Å². The minimum atomic E-state index is -1.28. The molecular formula is C23H34N4O5. The SMILES string of the molecule is CC(C#N)(CCC(=O)OC1CCCCC1)/N=N\C(C)(C#N)CCC(=O)OC1CCCCO1. The first-order valence-electron chi connectivity index (χ1n) is 11.5. The van der Waals surface area contributed by atoms with E-state index in [1.165, 1.54) is 6.42 Å². The van der Waals surface area contributed by atoms with E-state index in [2.05, 4.69) is 22.4 Å². The molecule has 2 rings (SSSR count). The topological polar surface area (TPSA) is 134 Å². The highest BCUT2D eigenvalue weighted by Crippen LogP contribution is 2.25. The molecule has 32 heavy (non-hydrogen) atoms. The van der Waals surface area contributed by atoms with Gasteiger partial charge in [0.25, 0.3) is 0 Å². The lowest BCUT2D eigenvalue weighted by atomic mass is 9.97. The highest BCUT2D eigenvalue weighted by molar-refractivity contribution is 5.70. The summed E-state index contributed by atoms with van der Waals surface area (Å²) in [6.45, 7) is 3.69. The molecule has 0 aromatic heterocycles. The molecule has 1 aliphatic heterocycles. The van der Waals surface area contributed by atoms with Gasteiger partial charge in [-0.15, -0.1) is 0 Å². The maximum absolute atomic E-state index is 12.2. The fourth-order valence-electron chi connectivity index (χ4n) is 3.61. The molecule has 176 valence electrons. The number of nitrogens with zero attached hydrogens (tertiary/aromatic N) is 4. The van der Waals surface area contributed by atoms with E-state index in [-0.39, 0.29) is 37.8 Å². The summed E-state index contributed by atoms with van der Waals surface area (Å²) < 4.78 is 16.2. The van der Waals surface area contributed by atoms with Crippen molar-refractivity contribution in [2.24, 2.45) is 10.2 Å². The third kappa shape index (κ3) is 8.92. The van der Waals surface area contributed by atoms with Crippen molar-refractivity contribution < 1.29 is 23.8 Å². The van der Waals surface area contributed by atoms with Crippen molar-refractivity contribution >= 4 is 11.9 Å². The minimum absolute atomic E-state index is 0.0140. The lowest BCUT2D eigenvalue weighted by Crippen LogP contribution is -2.28. The zero-order valence-corrected chi connectivity index (χ0v) is 19.2. The normalized spacial score (nSPS) is 23.3. The zero-order valence-electron chi connectivity index (χ0n) is 19.2. The summed E-state index contributed by atoms with van der Waals surface area (Å²) in [5.74, 6) is -0.800. The van der Waals surface area contributed by atoms with Crippen molar-refractivity contribution in [3.8, 4) is 12.1 Å². The van der Waals surface area contributed by atoms with Crippen LogP contribution in [-0.2, 0) is 23.8 Å². The van der Waals surface area contributed by atoms with Gasteiger partial charge < -0.3 is 14.2 Å². The van der Waals surface area contributed by atoms with Crippen molar-refractivity contribution in [3.05, 3.63) is 0 Å². The van der Waals surface area contributed by atoms with Crippen LogP contribution >= 0.6 is 0 Å². The van der Waals surface area contributed by atoms with Crippen LogP contribution < -0.4 is 0 Å². The second-order valence-electron chi connectivity index (χ2n) is 9.01. The number of rotatable bonds is 10. The highest BCUT2D eigenvalue weighted by atomic mass is 16.7. The Morgan fingerprint density at radius 1 is 0.875 bits per heavy atom. The smallest absolute Gasteiger partial charge is 0.308 e. The average molecular weight is 447 g/mol. The first kappa shape index (κ1) is 25.7. The van der Waals surface area contributed by atoms with Gasteiger partial charge >= 0.3 is 11.9 Å². The van der Waals surface area contributed by atoms with Crippen LogP contribution in [0.1, 0.15) is 90.9 Å². The summed E-state index contributed by atoms with van der Waals surface area (Å²) in [6.07, 6.45) is 7.37. The number of carbonyl (C=O) groups is 2. The Hall–Kier alpha value is -2.52. The van der Waals surface area contributed by atoms with Gasteiger partial charge in [0, 0.05) is 19.3 Å². The van der Waals surface area contributed by atoms with E-state index in [4.69, 9.17) is 14.2 Å². The Labute approximate surface area is 190 Å². The molecule has 0 amide bonds. The van der Waals surface area contributed by atoms with E-state index in [1.807, 2.05) is 0 Å². The highest BCUT2D eigenvalue weighted by Gasteiger charge is 2.31. The summed E-state index contributed by atoms with van der Waals surface area (Å²) in [4.78, 5) is 24.2. The first-order valence-corrected chi connectivity index (χ1v) is 11.5. The van der Waals surface area contributed by atoms with Gasteiger partial charge in [0.15, 0.2) is 11.1 Å². The number of hydrogen-bond donors (Lipinski definition) is 0. The molecule has 0 radical (unpaired) electrons. The van der Waals surface area contributed by atoms with Crippen LogP contribution in [0, 0.1) is 22.7 Å². The van der Waals surface area contributed by atoms with Crippen LogP contribution in [0.5, 0.6) is 0 Å². The quantitative estimate of drug-likeness (QED) is 0.356. The molecule has 0 N–H and O–H groups in total. The summed E-state index contributed by atoms with van der Waals surface area (Å²) in [5, 5.41) is 27.3. The van der Waals surface area contributed by atoms with E-state index in [9.17, 15) is 20.1 Å². The van der Waals surface area contributed by atoms with Crippen LogP contribution in [-0.4, -0.2) is 42.0 Å². The molecular weight excluding hydrogens is 412 g/mol. The monoisotopic (exact) mass is 446 g/mol. The predicted octanol–water partition coefficient (Wildman–Crippen LogP) is 4.51. The molecule has 0 spiro atoms. The summed E-state index contributed by atoms with van der Waals surface area (Å²) in [6, 6.07) is 4.12. The van der Waals surface area contributed by atoms with Gasteiger partial charge in [-0.3, -0.25) is 9.59 Å². The fourth-order valence-corrected chi connectivity index (χ4v) is 3.61. The number of ether oxygens (including phenoxy) is 3. The lowest BCUT2D eigenvalue weighted by Gasteiger charge is -2.23. The zero-order chi connectivity index (χ0) is 23.5. The van der Waals surface area contributed by atoms with Gasteiger partial charge in [-0.25, -0.2) is 0 Å². The molecule has 9 heteroatoms. The number of nitriles is 2. The van der Waals surface area contributed by atoms with Gasteiger partial charge in [0.05, 0.1) is 18.7 Å². The largest absolute Gasteiger partial charge is 0.462 e. The summed E-state index contributed by atoms with van der Waals surface area (Å²) >= 11 is 0. The fraction of sp³-hybridized carbons (Fsp3) is 0.826.